The summed E-state index contributed by atoms with van der Waals surface area (Å²) in [6.45, 7) is 1.74. The lowest BCUT2D eigenvalue weighted by Gasteiger charge is -2.08. The minimum atomic E-state index is -0.391. The van der Waals surface area contributed by atoms with Gasteiger partial charge in [-0.15, -0.1) is 0 Å². The van der Waals surface area contributed by atoms with Crippen molar-refractivity contribution in [2.24, 2.45) is 0 Å². The summed E-state index contributed by atoms with van der Waals surface area (Å²) in [6.07, 6.45) is 0. The van der Waals surface area contributed by atoms with Crippen LogP contribution in [0.5, 0.6) is 0 Å². The van der Waals surface area contributed by atoms with E-state index in [1.54, 1.807) is 6.92 Å². The van der Waals surface area contributed by atoms with Crippen LogP contribution in [0.4, 0.5) is 0 Å². The van der Waals surface area contributed by atoms with Gasteiger partial charge in [0.2, 0.25) is 0 Å². The van der Waals surface area contributed by atoms with E-state index in [1.807, 2.05) is 24.3 Å². The first kappa shape index (κ1) is 10.9. The Kier molecular flexibility index (Phi) is 2.79. The zero-order valence-corrected chi connectivity index (χ0v) is 9.71. The molecule has 82 valence electrons. The third-order valence-electron chi connectivity index (χ3n) is 2.44. The molecule has 0 aliphatic heterocycles. The molecule has 0 saturated heterocycles. The highest BCUT2D eigenvalue weighted by molar-refractivity contribution is 6.34. The van der Waals surface area contributed by atoms with Crippen molar-refractivity contribution in [2.75, 3.05) is 7.11 Å². The number of hydrogen-bond acceptors (Lipinski definition) is 3. The number of esters is 1. The average molecular weight is 236 g/mol. The van der Waals surface area contributed by atoms with E-state index >= 15 is 0 Å². The van der Waals surface area contributed by atoms with Crippen LogP contribution in [0.3, 0.4) is 0 Å². The van der Waals surface area contributed by atoms with E-state index in [4.69, 9.17) is 16.3 Å². The number of pyridine rings is 1. The molecule has 0 N–H and O–H groups in total. The van der Waals surface area contributed by atoms with Crippen LogP contribution in [0.2, 0.25) is 5.15 Å². The number of aryl methyl sites for hydroxylation is 1. The molecule has 1 aromatic heterocycles. The maximum atomic E-state index is 11.7. The van der Waals surface area contributed by atoms with Gasteiger partial charge in [0.05, 0.1) is 18.4 Å². The van der Waals surface area contributed by atoms with Gasteiger partial charge in [0.25, 0.3) is 0 Å². The summed E-state index contributed by atoms with van der Waals surface area (Å²) in [5.74, 6) is -0.391. The second-order valence-electron chi connectivity index (χ2n) is 3.40. The Morgan fingerprint density at radius 2 is 1.94 bits per heavy atom. The van der Waals surface area contributed by atoms with Crippen LogP contribution in [0.15, 0.2) is 24.3 Å². The maximum Gasteiger partial charge on any atom is 0.340 e. The van der Waals surface area contributed by atoms with Crippen LogP contribution in [-0.2, 0) is 4.74 Å². The lowest BCUT2D eigenvalue weighted by Crippen LogP contribution is -2.06. The number of fused-ring (bicyclic) bond motifs is 1. The summed E-state index contributed by atoms with van der Waals surface area (Å²) in [5, 5.41) is 1.93. The van der Waals surface area contributed by atoms with Crippen LogP contribution in [0.1, 0.15) is 16.1 Å². The lowest BCUT2D eigenvalue weighted by molar-refractivity contribution is 0.0601. The minimum absolute atomic E-state index is 0.391. The summed E-state index contributed by atoms with van der Waals surface area (Å²) in [6, 6.07) is 7.37. The highest BCUT2D eigenvalue weighted by Gasteiger charge is 2.16. The number of hydrogen-bond donors (Lipinski definition) is 0. The summed E-state index contributed by atoms with van der Waals surface area (Å²) >= 11 is 6.02. The number of benzene rings is 1. The van der Waals surface area contributed by atoms with E-state index < -0.39 is 5.97 Å². The monoisotopic (exact) mass is 235 g/mol. The van der Waals surface area contributed by atoms with Crippen molar-refractivity contribution in [1.29, 1.82) is 0 Å². The number of ether oxygens (including phenoxy) is 1. The zero-order valence-electron chi connectivity index (χ0n) is 8.95. The molecule has 16 heavy (non-hydrogen) atoms. The fraction of sp³-hybridized carbons (Fsp3) is 0.167. The van der Waals surface area contributed by atoms with Crippen molar-refractivity contribution >= 4 is 28.3 Å². The standard InChI is InChI=1S/C12H10ClNO2/c1-7-10(12(15)16-2)8-5-3-4-6-9(8)11(13)14-7/h3-6H,1-2H3. The molecular weight excluding hydrogens is 226 g/mol. The Balaban J connectivity index is 2.87. The predicted molar refractivity (Wildman–Crippen MR) is 62.8 cm³/mol. The molecule has 1 aromatic carbocycles. The molecule has 0 aliphatic carbocycles. The molecule has 4 heteroatoms. The molecule has 0 aliphatic rings. The number of aromatic nitrogens is 1. The summed E-state index contributed by atoms with van der Waals surface area (Å²) in [7, 11) is 1.35. The Bertz CT molecular complexity index is 566. The number of carbonyl (C=O) groups is 1. The zero-order chi connectivity index (χ0) is 11.7. The molecule has 0 radical (unpaired) electrons. The van der Waals surface area contributed by atoms with Crippen molar-refractivity contribution < 1.29 is 9.53 Å². The maximum absolute atomic E-state index is 11.7. The van der Waals surface area contributed by atoms with Gasteiger partial charge in [-0.05, 0) is 6.92 Å². The van der Waals surface area contributed by atoms with Crippen LogP contribution in [0.25, 0.3) is 10.8 Å². The van der Waals surface area contributed by atoms with Gasteiger partial charge in [0, 0.05) is 10.8 Å². The Morgan fingerprint density at radius 3 is 2.56 bits per heavy atom. The topological polar surface area (TPSA) is 39.2 Å². The Morgan fingerprint density at radius 1 is 1.31 bits per heavy atom. The van der Waals surface area contributed by atoms with Gasteiger partial charge in [0.1, 0.15) is 5.15 Å². The van der Waals surface area contributed by atoms with Crippen molar-refractivity contribution in [1.82, 2.24) is 4.98 Å². The smallest absolute Gasteiger partial charge is 0.340 e. The summed E-state index contributed by atoms with van der Waals surface area (Å²) in [5.41, 5.74) is 1.05. The Labute approximate surface area is 98.0 Å². The third-order valence-corrected chi connectivity index (χ3v) is 2.72. The van der Waals surface area contributed by atoms with Gasteiger partial charge in [-0.2, -0.15) is 0 Å². The number of carbonyl (C=O) groups excluding carboxylic acids is 1. The van der Waals surface area contributed by atoms with Gasteiger partial charge in [-0.25, -0.2) is 9.78 Å². The minimum Gasteiger partial charge on any atom is -0.465 e. The molecule has 0 saturated carbocycles. The van der Waals surface area contributed by atoms with Crippen LogP contribution >= 0.6 is 11.6 Å². The number of halogens is 1. The van der Waals surface area contributed by atoms with Crippen LogP contribution in [-0.4, -0.2) is 18.1 Å². The highest BCUT2D eigenvalue weighted by Crippen LogP contribution is 2.27. The molecular formula is C12H10ClNO2. The van der Waals surface area contributed by atoms with Gasteiger partial charge >= 0.3 is 5.97 Å². The summed E-state index contributed by atoms with van der Waals surface area (Å²) in [4.78, 5) is 15.8. The third kappa shape index (κ3) is 1.63. The number of rotatable bonds is 1. The van der Waals surface area contributed by atoms with Gasteiger partial charge in [-0.1, -0.05) is 35.9 Å². The van der Waals surface area contributed by atoms with E-state index in [-0.39, 0.29) is 0 Å². The normalized spacial score (nSPS) is 10.4. The number of methoxy groups -OCH3 is 1. The number of nitrogens with zero attached hydrogens (tertiary/aromatic N) is 1. The molecule has 0 amide bonds. The molecule has 0 bridgehead atoms. The highest BCUT2D eigenvalue weighted by atomic mass is 35.5. The largest absolute Gasteiger partial charge is 0.465 e. The molecule has 0 fully saturated rings. The molecule has 3 nitrogen and oxygen atoms in total. The van der Waals surface area contributed by atoms with E-state index in [2.05, 4.69) is 4.98 Å². The Hall–Kier alpha value is -1.61. The molecule has 2 rings (SSSR count). The van der Waals surface area contributed by atoms with Crippen LogP contribution in [0, 0.1) is 6.92 Å². The molecule has 0 unspecified atom stereocenters. The van der Waals surface area contributed by atoms with Crippen molar-refractivity contribution in [2.45, 2.75) is 6.92 Å². The van der Waals surface area contributed by atoms with Crippen molar-refractivity contribution in [3.05, 3.63) is 40.7 Å². The van der Waals surface area contributed by atoms with Gasteiger partial charge in [0.15, 0.2) is 0 Å². The molecule has 0 atom stereocenters. The fourth-order valence-corrected chi connectivity index (χ4v) is 1.99. The van der Waals surface area contributed by atoms with E-state index in [0.717, 1.165) is 10.8 Å². The van der Waals surface area contributed by atoms with Crippen molar-refractivity contribution in [3.8, 4) is 0 Å². The second-order valence-corrected chi connectivity index (χ2v) is 3.76. The second kappa shape index (κ2) is 4.10. The summed E-state index contributed by atoms with van der Waals surface area (Å²) < 4.78 is 4.74. The van der Waals surface area contributed by atoms with E-state index in [0.29, 0.717) is 16.4 Å². The van der Waals surface area contributed by atoms with Gasteiger partial charge < -0.3 is 4.74 Å². The molecule has 0 spiro atoms. The average Bonchev–Trinajstić information content (AvgIpc) is 2.28. The quantitative estimate of drug-likeness (QED) is 0.564. The van der Waals surface area contributed by atoms with E-state index in [1.165, 1.54) is 7.11 Å². The fourth-order valence-electron chi connectivity index (χ4n) is 1.70. The first-order valence-corrected chi connectivity index (χ1v) is 5.16. The van der Waals surface area contributed by atoms with Crippen molar-refractivity contribution in [3.63, 3.8) is 0 Å². The predicted octanol–water partition coefficient (Wildman–Crippen LogP) is 2.98. The SMILES string of the molecule is COC(=O)c1c(C)nc(Cl)c2ccccc12. The molecule has 1 heterocycles. The molecule has 2 aromatic rings. The van der Waals surface area contributed by atoms with Crippen LogP contribution < -0.4 is 0 Å². The first-order valence-electron chi connectivity index (χ1n) is 4.78. The van der Waals surface area contributed by atoms with E-state index in [9.17, 15) is 4.79 Å². The lowest BCUT2D eigenvalue weighted by atomic mass is 10.1. The first-order chi connectivity index (χ1) is 7.65. The van der Waals surface area contributed by atoms with Gasteiger partial charge in [-0.3, -0.25) is 0 Å².